The molecule has 0 amide bonds. The van der Waals surface area contributed by atoms with Gasteiger partial charge in [0.15, 0.2) is 0 Å². The van der Waals surface area contributed by atoms with Crippen molar-refractivity contribution in [1.29, 1.82) is 0 Å². The third kappa shape index (κ3) is 4.11. The van der Waals surface area contributed by atoms with Crippen LogP contribution in [-0.2, 0) is 13.1 Å². The third-order valence-electron chi connectivity index (χ3n) is 3.93. The van der Waals surface area contributed by atoms with Gasteiger partial charge in [-0.15, -0.1) is 22.7 Å². The van der Waals surface area contributed by atoms with Gasteiger partial charge in [-0.25, -0.2) is 4.98 Å². The van der Waals surface area contributed by atoms with Gasteiger partial charge in [0.25, 0.3) is 0 Å². The van der Waals surface area contributed by atoms with Crippen molar-refractivity contribution in [2.24, 2.45) is 0 Å². The van der Waals surface area contributed by atoms with Gasteiger partial charge in [0.2, 0.25) is 0 Å². The average molecular weight is 323 g/mol. The van der Waals surface area contributed by atoms with Crippen LogP contribution < -0.4 is 0 Å². The number of hydrogen-bond acceptors (Lipinski definition) is 6. The first-order valence-corrected chi connectivity index (χ1v) is 9.09. The lowest BCUT2D eigenvalue weighted by Gasteiger charge is -2.41. The van der Waals surface area contributed by atoms with Crippen LogP contribution in [0.4, 0.5) is 0 Å². The van der Waals surface area contributed by atoms with E-state index in [1.54, 1.807) is 11.3 Å². The van der Waals surface area contributed by atoms with E-state index in [-0.39, 0.29) is 6.61 Å². The van der Waals surface area contributed by atoms with Crippen LogP contribution in [0.3, 0.4) is 0 Å². The molecule has 114 valence electrons. The second-order valence-electron chi connectivity index (χ2n) is 5.38. The number of thiazole rings is 1. The number of thiophene rings is 1. The molecular formula is C15H21N3OS2. The molecule has 6 heteroatoms. The first-order chi connectivity index (χ1) is 10.3. The van der Waals surface area contributed by atoms with E-state index in [2.05, 4.69) is 32.3 Å². The van der Waals surface area contributed by atoms with Crippen molar-refractivity contribution in [2.45, 2.75) is 25.6 Å². The SMILES string of the molecule is OCCC1CN(Cc2nccs2)CCN1Cc1cccs1. The molecule has 2 aromatic rings. The summed E-state index contributed by atoms with van der Waals surface area (Å²) in [6.45, 7) is 5.36. The minimum absolute atomic E-state index is 0.261. The Labute approximate surface area is 133 Å². The predicted octanol–water partition coefficient (Wildman–Crippen LogP) is 2.27. The molecule has 0 bridgehead atoms. The van der Waals surface area contributed by atoms with Crippen molar-refractivity contribution < 1.29 is 5.11 Å². The van der Waals surface area contributed by atoms with Crippen LogP contribution in [-0.4, -0.2) is 52.2 Å². The number of piperazine rings is 1. The molecule has 2 aromatic heterocycles. The quantitative estimate of drug-likeness (QED) is 0.885. The van der Waals surface area contributed by atoms with Crippen LogP contribution in [0.15, 0.2) is 29.1 Å². The maximum absolute atomic E-state index is 9.35. The van der Waals surface area contributed by atoms with Crippen LogP contribution in [0.5, 0.6) is 0 Å². The highest BCUT2D eigenvalue weighted by atomic mass is 32.1. The van der Waals surface area contributed by atoms with Crippen molar-refractivity contribution in [3.05, 3.63) is 39.0 Å². The van der Waals surface area contributed by atoms with E-state index in [0.29, 0.717) is 6.04 Å². The standard InChI is InChI=1S/C15H21N3OS2/c19-7-3-13-10-17(12-15-16-4-9-21-15)5-6-18(13)11-14-2-1-8-20-14/h1-2,4,8-9,13,19H,3,5-7,10-12H2. The molecule has 3 rings (SSSR count). The Morgan fingerprint density at radius 3 is 2.90 bits per heavy atom. The summed E-state index contributed by atoms with van der Waals surface area (Å²) in [7, 11) is 0. The molecule has 0 saturated carbocycles. The second kappa shape index (κ2) is 7.47. The number of aliphatic hydroxyl groups is 1. The highest BCUT2D eigenvalue weighted by molar-refractivity contribution is 7.10. The zero-order valence-corrected chi connectivity index (χ0v) is 13.7. The van der Waals surface area contributed by atoms with Crippen LogP contribution in [0, 0.1) is 0 Å². The predicted molar refractivity (Wildman–Crippen MR) is 87.6 cm³/mol. The van der Waals surface area contributed by atoms with Crippen molar-refractivity contribution in [3.8, 4) is 0 Å². The van der Waals surface area contributed by atoms with Crippen LogP contribution in [0.1, 0.15) is 16.3 Å². The van der Waals surface area contributed by atoms with E-state index in [9.17, 15) is 5.11 Å². The van der Waals surface area contributed by atoms with E-state index >= 15 is 0 Å². The molecule has 0 aliphatic carbocycles. The summed E-state index contributed by atoms with van der Waals surface area (Å²) in [5.41, 5.74) is 0. The summed E-state index contributed by atoms with van der Waals surface area (Å²) in [5, 5.41) is 14.7. The minimum atomic E-state index is 0.261. The molecule has 1 N–H and O–H groups in total. The molecule has 1 atom stereocenters. The van der Waals surface area contributed by atoms with Crippen LogP contribution in [0.2, 0.25) is 0 Å². The summed E-state index contributed by atoms with van der Waals surface area (Å²) in [5.74, 6) is 0. The Morgan fingerprint density at radius 2 is 2.19 bits per heavy atom. The molecule has 1 aliphatic rings. The van der Waals surface area contributed by atoms with Gasteiger partial charge in [-0.1, -0.05) is 6.07 Å². The van der Waals surface area contributed by atoms with Gasteiger partial charge in [-0.3, -0.25) is 9.80 Å². The topological polar surface area (TPSA) is 39.6 Å². The maximum atomic E-state index is 9.35. The zero-order chi connectivity index (χ0) is 14.5. The Morgan fingerprint density at radius 1 is 1.24 bits per heavy atom. The highest BCUT2D eigenvalue weighted by Gasteiger charge is 2.27. The van der Waals surface area contributed by atoms with Crippen molar-refractivity contribution in [3.63, 3.8) is 0 Å². The molecule has 1 aliphatic heterocycles. The van der Waals surface area contributed by atoms with Gasteiger partial charge < -0.3 is 5.11 Å². The lowest BCUT2D eigenvalue weighted by molar-refractivity contribution is 0.0506. The largest absolute Gasteiger partial charge is 0.396 e. The summed E-state index contributed by atoms with van der Waals surface area (Å²) in [6, 6.07) is 4.74. The molecule has 3 heterocycles. The molecular weight excluding hydrogens is 302 g/mol. The van der Waals surface area contributed by atoms with E-state index in [0.717, 1.165) is 39.1 Å². The van der Waals surface area contributed by atoms with E-state index in [1.165, 1.54) is 9.88 Å². The number of rotatable bonds is 6. The van der Waals surface area contributed by atoms with Gasteiger partial charge in [-0.2, -0.15) is 0 Å². The number of hydrogen-bond donors (Lipinski definition) is 1. The van der Waals surface area contributed by atoms with Crippen molar-refractivity contribution in [2.75, 3.05) is 26.2 Å². The van der Waals surface area contributed by atoms with E-state index in [1.807, 2.05) is 22.9 Å². The Hall–Kier alpha value is -0.790. The molecule has 1 fully saturated rings. The number of aromatic nitrogens is 1. The summed E-state index contributed by atoms with van der Waals surface area (Å²) in [6.07, 6.45) is 2.72. The molecule has 21 heavy (non-hydrogen) atoms. The number of nitrogens with zero attached hydrogens (tertiary/aromatic N) is 3. The zero-order valence-electron chi connectivity index (χ0n) is 12.0. The lowest BCUT2D eigenvalue weighted by atomic mass is 10.1. The molecule has 0 aromatic carbocycles. The van der Waals surface area contributed by atoms with Gasteiger partial charge in [0.05, 0.1) is 6.54 Å². The van der Waals surface area contributed by atoms with E-state index < -0.39 is 0 Å². The molecule has 4 nitrogen and oxygen atoms in total. The third-order valence-corrected chi connectivity index (χ3v) is 5.56. The normalized spacial score (nSPS) is 20.9. The van der Waals surface area contributed by atoms with Gasteiger partial charge in [0.1, 0.15) is 5.01 Å². The van der Waals surface area contributed by atoms with Gasteiger partial charge >= 0.3 is 0 Å². The van der Waals surface area contributed by atoms with Crippen LogP contribution in [0.25, 0.3) is 0 Å². The molecule has 1 saturated heterocycles. The summed E-state index contributed by atoms with van der Waals surface area (Å²) >= 11 is 3.54. The first-order valence-electron chi connectivity index (χ1n) is 7.33. The Balaban J connectivity index is 1.59. The molecule has 0 radical (unpaired) electrons. The number of aliphatic hydroxyl groups excluding tert-OH is 1. The molecule has 0 spiro atoms. The van der Waals surface area contributed by atoms with Crippen LogP contribution >= 0.6 is 22.7 Å². The Kier molecular flexibility index (Phi) is 5.38. The van der Waals surface area contributed by atoms with Crippen molar-refractivity contribution >= 4 is 22.7 Å². The average Bonchev–Trinajstić information content (AvgIpc) is 3.15. The van der Waals surface area contributed by atoms with E-state index in [4.69, 9.17) is 0 Å². The first kappa shape index (κ1) is 15.1. The minimum Gasteiger partial charge on any atom is -0.396 e. The van der Waals surface area contributed by atoms with Gasteiger partial charge in [-0.05, 0) is 17.9 Å². The molecule has 1 unspecified atom stereocenters. The fourth-order valence-corrected chi connectivity index (χ4v) is 4.24. The summed E-state index contributed by atoms with van der Waals surface area (Å²) < 4.78 is 0. The fourth-order valence-electron chi connectivity index (χ4n) is 2.86. The smallest absolute Gasteiger partial charge is 0.107 e. The lowest BCUT2D eigenvalue weighted by Crippen LogP contribution is -2.52. The highest BCUT2D eigenvalue weighted by Crippen LogP contribution is 2.20. The monoisotopic (exact) mass is 323 g/mol. The second-order valence-corrected chi connectivity index (χ2v) is 7.39. The van der Waals surface area contributed by atoms with Gasteiger partial charge in [0, 0.05) is 55.3 Å². The Bertz CT molecular complexity index is 515. The fraction of sp³-hybridized carbons (Fsp3) is 0.533. The summed E-state index contributed by atoms with van der Waals surface area (Å²) in [4.78, 5) is 10.8. The maximum Gasteiger partial charge on any atom is 0.107 e. The van der Waals surface area contributed by atoms with Crippen molar-refractivity contribution in [1.82, 2.24) is 14.8 Å².